The summed E-state index contributed by atoms with van der Waals surface area (Å²) in [6.07, 6.45) is 10.5. The van der Waals surface area contributed by atoms with Gasteiger partial charge in [0.15, 0.2) is 13.8 Å². The summed E-state index contributed by atoms with van der Waals surface area (Å²) in [6.45, 7) is 10.8. The van der Waals surface area contributed by atoms with E-state index in [4.69, 9.17) is 45.3 Å². The summed E-state index contributed by atoms with van der Waals surface area (Å²) in [5, 5.41) is 17.0. The van der Waals surface area contributed by atoms with Crippen molar-refractivity contribution in [1.29, 1.82) is 0 Å². The van der Waals surface area contributed by atoms with Crippen LogP contribution in [0.3, 0.4) is 0 Å². The number of carbonyl (C=O) groups is 3. The molecule has 3 rings (SSSR count). The van der Waals surface area contributed by atoms with Crippen molar-refractivity contribution in [3.63, 3.8) is 0 Å². The van der Waals surface area contributed by atoms with E-state index in [0.717, 1.165) is 38.5 Å². The quantitative estimate of drug-likeness (QED) is 0.106. The van der Waals surface area contributed by atoms with Crippen LogP contribution in [0.2, 0.25) is 15.1 Å². The van der Waals surface area contributed by atoms with E-state index in [1.807, 2.05) is 34.6 Å². The molecule has 1 aliphatic carbocycles. The van der Waals surface area contributed by atoms with E-state index >= 15 is 0 Å². The van der Waals surface area contributed by atoms with E-state index in [1.54, 1.807) is 29.4 Å². The summed E-state index contributed by atoms with van der Waals surface area (Å²) in [6, 6.07) is 1.52. The Hall–Kier alpha value is -2.38. The SMILES string of the molecule is CCC(C)C(NC(=O)[C@@H](N)C(C)C)C(=O)NC[C@H](O)CC(C1CCCCC1)[PH](=O)O.CCCN(CCOc1c(Cl)cc(Cl)cc1Cl)C(=O)n1ccnc1. The molecule has 6 N–H and O–H groups in total. The van der Waals surface area contributed by atoms with Gasteiger partial charge in [-0.05, 0) is 55.6 Å². The first-order valence-electron chi connectivity index (χ1n) is 18.4. The van der Waals surface area contributed by atoms with Crippen LogP contribution in [0.15, 0.2) is 30.9 Å². The number of benzene rings is 1. The molecule has 0 spiro atoms. The Balaban J connectivity index is 0.000000379. The molecule has 1 aromatic carbocycles. The number of rotatable bonds is 18. The lowest BCUT2D eigenvalue weighted by Gasteiger charge is -2.30. The van der Waals surface area contributed by atoms with Crippen LogP contribution in [0.1, 0.15) is 86.0 Å². The predicted octanol–water partition coefficient (Wildman–Crippen LogP) is 6.39. The van der Waals surface area contributed by atoms with Gasteiger partial charge in [0.25, 0.3) is 0 Å². The maximum atomic E-state index is 12.7. The van der Waals surface area contributed by atoms with Crippen LogP contribution < -0.4 is 21.1 Å². The summed E-state index contributed by atoms with van der Waals surface area (Å²) in [7, 11) is -2.76. The molecule has 53 heavy (non-hydrogen) atoms. The number of nitrogens with two attached hydrogens (primary N) is 1. The number of aliphatic hydroxyl groups is 1. The van der Waals surface area contributed by atoms with E-state index in [1.165, 1.54) is 10.9 Å². The van der Waals surface area contributed by atoms with E-state index in [0.29, 0.717) is 40.3 Å². The third-order valence-corrected chi connectivity index (χ3v) is 11.6. The fourth-order valence-electron chi connectivity index (χ4n) is 6.02. The minimum absolute atomic E-state index is 0.0176. The maximum absolute atomic E-state index is 12.7. The molecule has 300 valence electrons. The predicted molar refractivity (Wildman–Crippen MR) is 211 cm³/mol. The number of halogens is 3. The van der Waals surface area contributed by atoms with E-state index in [9.17, 15) is 28.9 Å². The topological polar surface area (TPSA) is 189 Å². The van der Waals surface area contributed by atoms with Gasteiger partial charge in [0, 0.05) is 36.2 Å². The number of aromatic nitrogens is 2. The monoisotopic (exact) mass is 822 g/mol. The minimum atomic E-state index is -2.76. The Bertz CT molecular complexity index is 1430. The smallest absolute Gasteiger partial charge is 0.329 e. The molecule has 1 aliphatic rings. The average Bonchev–Trinajstić information content (AvgIpc) is 3.67. The number of nitrogens with zero attached hydrogens (tertiary/aromatic N) is 3. The highest BCUT2D eigenvalue weighted by Gasteiger charge is 2.32. The van der Waals surface area contributed by atoms with Gasteiger partial charge in [-0.1, -0.05) is 95.1 Å². The van der Waals surface area contributed by atoms with Crippen molar-refractivity contribution in [1.82, 2.24) is 25.1 Å². The lowest BCUT2D eigenvalue weighted by Crippen LogP contribution is -2.55. The Morgan fingerprint density at radius 2 is 1.72 bits per heavy atom. The zero-order chi connectivity index (χ0) is 39.7. The van der Waals surface area contributed by atoms with Gasteiger partial charge >= 0.3 is 6.03 Å². The van der Waals surface area contributed by atoms with Gasteiger partial charge in [-0.25, -0.2) is 9.78 Å². The molecule has 0 radical (unpaired) electrons. The van der Waals surface area contributed by atoms with E-state index < -0.39 is 31.9 Å². The molecule has 6 atom stereocenters. The van der Waals surface area contributed by atoms with Crippen LogP contribution >= 0.6 is 42.8 Å². The van der Waals surface area contributed by atoms with Crippen LogP contribution in [-0.4, -0.2) is 92.4 Å². The maximum Gasteiger partial charge on any atom is 0.329 e. The Kier molecular flexibility index (Phi) is 21.4. The first kappa shape index (κ1) is 46.8. The van der Waals surface area contributed by atoms with Crippen molar-refractivity contribution < 1.29 is 33.7 Å². The molecular formula is C36H58Cl3N6O7P. The van der Waals surface area contributed by atoms with Gasteiger partial charge in [-0.2, -0.15) is 0 Å². The normalized spacial score (nSPS) is 16.7. The highest BCUT2D eigenvalue weighted by atomic mass is 35.5. The Morgan fingerprint density at radius 3 is 2.25 bits per heavy atom. The number of ether oxygens (including phenoxy) is 1. The second-order valence-electron chi connectivity index (χ2n) is 13.9. The first-order valence-corrected chi connectivity index (χ1v) is 21.0. The molecule has 0 bridgehead atoms. The summed E-state index contributed by atoms with van der Waals surface area (Å²) in [4.78, 5) is 52.7. The number of carbonyl (C=O) groups excluding carboxylic acids is 3. The fourth-order valence-corrected chi connectivity index (χ4v) is 8.16. The summed E-state index contributed by atoms with van der Waals surface area (Å²) in [5.74, 6) is -0.379. The number of hydrogen-bond donors (Lipinski definition) is 5. The summed E-state index contributed by atoms with van der Waals surface area (Å²) in [5.41, 5.74) is 5.47. The molecule has 1 saturated carbocycles. The minimum Gasteiger partial charge on any atom is -0.489 e. The van der Waals surface area contributed by atoms with Crippen molar-refractivity contribution in [3.8, 4) is 5.75 Å². The highest BCUT2D eigenvalue weighted by molar-refractivity contribution is 7.38. The molecule has 4 unspecified atom stereocenters. The van der Waals surface area contributed by atoms with Crippen LogP contribution in [-0.2, 0) is 14.2 Å². The molecular weight excluding hydrogens is 766 g/mol. The fraction of sp³-hybridized carbons (Fsp3) is 0.667. The van der Waals surface area contributed by atoms with E-state index in [-0.39, 0.29) is 55.2 Å². The third kappa shape index (κ3) is 15.7. The van der Waals surface area contributed by atoms with Gasteiger partial charge in [0.1, 0.15) is 19.0 Å². The molecule has 13 nitrogen and oxygen atoms in total. The van der Waals surface area contributed by atoms with Crippen molar-refractivity contribution in [3.05, 3.63) is 45.9 Å². The molecule has 17 heteroatoms. The standard InChI is InChI=1S/C21H42N3O5P.C15H16Cl3N3O2/c1-5-14(4)19(24-20(26)18(22)13(2)3)21(27)23-12-16(25)11-17(30(28)29)15-9-7-6-8-10-15;1-2-4-20(15(22)21-5-3-19-10-21)6-7-23-14-12(17)8-11(16)9-13(14)18/h13-19,25,30H,5-12,22H2,1-4H3,(H,23,27)(H,24,26)(H,28,29);3,5,8-10H,2,4,6-7H2,1H3/t14?,16-,17?,18+,19?;/m1./s1. The van der Waals surface area contributed by atoms with Crippen molar-refractivity contribution in [2.24, 2.45) is 23.5 Å². The highest BCUT2D eigenvalue weighted by Crippen LogP contribution is 2.40. The van der Waals surface area contributed by atoms with Crippen LogP contribution in [0.4, 0.5) is 4.79 Å². The molecule has 1 aromatic heterocycles. The van der Waals surface area contributed by atoms with Crippen LogP contribution in [0.5, 0.6) is 5.75 Å². The number of hydrogen-bond acceptors (Lipinski definition) is 8. The second kappa shape index (κ2) is 24.2. The third-order valence-electron chi connectivity index (χ3n) is 9.45. The lowest BCUT2D eigenvalue weighted by atomic mass is 9.85. The Labute approximate surface area is 329 Å². The number of nitrogens with one attached hydrogen (secondary N) is 2. The number of amides is 3. The van der Waals surface area contributed by atoms with Gasteiger partial charge in [-0.15, -0.1) is 0 Å². The molecule has 0 saturated heterocycles. The number of aliphatic hydroxyl groups excluding tert-OH is 1. The average molecular weight is 824 g/mol. The number of imidazole rings is 1. The summed E-state index contributed by atoms with van der Waals surface area (Å²) >= 11 is 18.0. The van der Waals surface area contributed by atoms with Crippen LogP contribution in [0, 0.1) is 17.8 Å². The van der Waals surface area contributed by atoms with Gasteiger partial charge < -0.3 is 36.0 Å². The zero-order valence-corrected chi connectivity index (χ0v) is 34.7. The lowest BCUT2D eigenvalue weighted by molar-refractivity contribution is -0.131. The van der Waals surface area contributed by atoms with Crippen molar-refractivity contribution in [2.75, 3.05) is 26.2 Å². The second-order valence-corrected chi connectivity index (χ2v) is 16.6. The molecule has 0 aliphatic heterocycles. The van der Waals surface area contributed by atoms with Crippen LogP contribution in [0.25, 0.3) is 0 Å². The largest absolute Gasteiger partial charge is 0.489 e. The molecule has 1 heterocycles. The molecule has 2 aromatic rings. The summed E-state index contributed by atoms with van der Waals surface area (Å²) < 4.78 is 18.9. The Morgan fingerprint density at radius 1 is 1.08 bits per heavy atom. The van der Waals surface area contributed by atoms with Gasteiger partial charge in [0.2, 0.25) is 11.8 Å². The van der Waals surface area contributed by atoms with E-state index in [2.05, 4.69) is 15.6 Å². The molecule has 1 fully saturated rings. The van der Waals surface area contributed by atoms with Crippen molar-refractivity contribution in [2.45, 2.75) is 110 Å². The zero-order valence-electron chi connectivity index (χ0n) is 31.4. The molecule has 3 amide bonds. The van der Waals surface area contributed by atoms with Gasteiger partial charge in [0.05, 0.1) is 28.7 Å². The van der Waals surface area contributed by atoms with Gasteiger partial charge in [-0.3, -0.25) is 18.7 Å². The first-order chi connectivity index (χ1) is 25.1. The van der Waals surface area contributed by atoms with Crippen molar-refractivity contribution >= 4 is 60.7 Å².